The van der Waals surface area contributed by atoms with Crippen molar-refractivity contribution in [2.24, 2.45) is 5.92 Å². The summed E-state index contributed by atoms with van der Waals surface area (Å²) in [4.78, 5) is 21.5. The zero-order chi connectivity index (χ0) is 19.1. The van der Waals surface area contributed by atoms with E-state index in [1.165, 1.54) is 0 Å². The summed E-state index contributed by atoms with van der Waals surface area (Å²) in [6.07, 6.45) is 0.822. The van der Waals surface area contributed by atoms with Crippen molar-refractivity contribution in [2.45, 2.75) is 32.8 Å². The minimum Gasteiger partial charge on any atom is -0.463 e. The molecule has 1 aliphatic heterocycles. The Kier molecular flexibility index (Phi) is 6.86. The van der Waals surface area contributed by atoms with Gasteiger partial charge in [0.2, 0.25) is 5.95 Å². The fourth-order valence-corrected chi connectivity index (χ4v) is 2.49. The maximum absolute atomic E-state index is 11.3. The van der Waals surface area contributed by atoms with Crippen LogP contribution in [0.5, 0.6) is 0 Å². The summed E-state index contributed by atoms with van der Waals surface area (Å²) >= 11 is 0. The van der Waals surface area contributed by atoms with Crippen molar-refractivity contribution in [3.63, 3.8) is 0 Å². The van der Waals surface area contributed by atoms with E-state index in [0.29, 0.717) is 31.1 Å². The molecule has 9 heteroatoms. The Labute approximate surface area is 153 Å². The van der Waals surface area contributed by atoms with Gasteiger partial charge in [0, 0.05) is 32.5 Å². The molecule has 0 bridgehead atoms. The van der Waals surface area contributed by atoms with Gasteiger partial charge < -0.3 is 25.8 Å². The van der Waals surface area contributed by atoms with Crippen LogP contribution in [0.3, 0.4) is 0 Å². The predicted octanol–water partition coefficient (Wildman–Crippen LogP) is 1.25. The van der Waals surface area contributed by atoms with Crippen LogP contribution in [-0.4, -0.2) is 49.5 Å². The van der Waals surface area contributed by atoms with E-state index in [0.717, 1.165) is 5.69 Å². The minimum atomic E-state index is -0.233. The lowest BCUT2D eigenvalue weighted by atomic mass is 10.1. The fourth-order valence-electron chi connectivity index (χ4n) is 2.49. The van der Waals surface area contributed by atoms with Gasteiger partial charge in [-0.3, -0.25) is 9.69 Å². The van der Waals surface area contributed by atoms with Crippen LogP contribution < -0.4 is 21.3 Å². The van der Waals surface area contributed by atoms with Crippen LogP contribution in [0.1, 0.15) is 26.7 Å². The normalized spacial score (nSPS) is 14.5. The average Bonchev–Trinajstić information content (AvgIpc) is 3.04. The molecule has 4 N–H and O–H groups in total. The number of hydrogen-bond donors (Lipinski definition) is 3. The molecule has 0 saturated heterocycles. The third kappa shape index (κ3) is 4.89. The molecule has 0 aromatic carbocycles. The topological polar surface area (TPSA) is 115 Å². The van der Waals surface area contributed by atoms with Crippen molar-refractivity contribution >= 4 is 29.2 Å². The Balaban J connectivity index is 2.00. The van der Waals surface area contributed by atoms with Gasteiger partial charge in [-0.1, -0.05) is 19.8 Å². The number of nitrogen functional groups attached to an aromatic ring is 1. The van der Waals surface area contributed by atoms with E-state index < -0.39 is 0 Å². The number of hydrogen-bond acceptors (Lipinski definition) is 9. The third-order valence-electron chi connectivity index (χ3n) is 3.93. The van der Waals surface area contributed by atoms with E-state index in [4.69, 9.17) is 15.2 Å². The largest absolute Gasteiger partial charge is 0.463 e. The summed E-state index contributed by atoms with van der Waals surface area (Å²) < 4.78 is 10.5. The Morgan fingerprint density at radius 3 is 2.92 bits per heavy atom. The highest BCUT2D eigenvalue weighted by Crippen LogP contribution is 2.34. The fraction of sp³-hybridized carbons (Fsp3) is 0.588. The highest BCUT2D eigenvalue weighted by Gasteiger charge is 2.24. The highest BCUT2D eigenvalue weighted by atomic mass is 16.6. The van der Waals surface area contributed by atoms with Crippen molar-refractivity contribution < 1.29 is 14.3 Å². The van der Waals surface area contributed by atoms with Crippen LogP contribution >= 0.6 is 0 Å². The number of nitrogens with one attached hydrogen (secondary N) is 2. The predicted molar refractivity (Wildman–Crippen MR) is 101 cm³/mol. The van der Waals surface area contributed by atoms with Crippen molar-refractivity contribution in [3.8, 4) is 12.0 Å². The SMILES string of the molecule is CCC(=O)OCC(CC(C)C#CN1CNc2c(NC)nc(N)nc21)OC. The highest BCUT2D eigenvalue weighted by molar-refractivity contribution is 5.83. The Morgan fingerprint density at radius 2 is 2.27 bits per heavy atom. The van der Waals surface area contributed by atoms with E-state index in [2.05, 4.69) is 32.6 Å². The Hall–Kier alpha value is -2.73. The molecule has 9 nitrogen and oxygen atoms in total. The molecule has 1 aromatic heterocycles. The number of rotatable bonds is 7. The van der Waals surface area contributed by atoms with Crippen LogP contribution in [0.25, 0.3) is 0 Å². The molecule has 1 aromatic rings. The number of methoxy groups -OCH3 is 1. The van der Waals surface area contributed by atoms with Gasteiger partial charge in [-0.15, -0.1) is 0 Å². The molecule has 142 valence electrons. The van der Waals surface area contributed by atoms with Gasteiger partial charge in [-0.05, 0) is 6.42 Å². The van der Waals surface area contributed by atoms with Gasteiger partial charge >= 0.3 is 5.97 Å². The lowest BCUT2D eigenvalue weighted by Gasteiger charge is -2.17. The first-order valence-electron chi connectivity index (χ1n) is 8.54. The lowest BCUT2D eigenvalue weighted by molar-refractivity contribution is -0.147. The number of nitrogens with zero attached hydrogens (tertiary/aromatic N) is 3. The van der Waals surface area contributed by atoms with Gasteiger partial charge in [0.05, 0.1) is 6.10 Å². The van der Waals surface area contributed by atoms with Crippen molar-refractivity contribution in [2.75, 3.05) is 48.7 Å². The number of anilines is 4. The maximum Gasteiger partial charge on any atom is 0.305 e. The summed E-state index contributed by atoms with van der Waals surface area (Å²) in [6.45, 7) is 4.50. The second-order valence-electron chi connectivity index (χ2n) is 5.93. The molecule has 0 amide bonds. The smallest absolute Gasteiger partial charge is 0.305 e. The monoisotopic (exact) mass is 362 g/mol. The summed E-state index contributed by atoms with van der Waals surface area (Å²) in [7, 11) is 3.38. The third-order valence-corrected chi connectivity index (χ3v) is 3.93. The number of carbonyl (C=O) groups is 1. The second-order valence-corrected chi connectivity index (χ2v) is 5.93. The number of ether oxygens (including phenoxy) is 2. The molecule has 1 aliphatic rings. The second kappa shape index (κ2) is 9.10. The number of nitrogens with two attached hydrogens (primary N) is 1. The molecule has 0 radical (unpaired) electrons. The molecule has 0 saturated carbocycles. The molecule has 2 heterocycles. The van der Waals surface area contributed by atoms with Crippen LogP contribution in [0.15, 0.2) is 0 Å². The van der Waals surface area contributed by atoms with Crippen molar-refractivity contribution in [3.05, 3.63) is 0 Å². The van der Waals surface area contributed by atoms with E-state index >= 15 is 0 Å². The number of esters is 1. The average molecular weight is 362 g/mol. The molecule has 0 aliphatic carbocycles. The van der Waals surface area contributed by atoms with Gasteiger partial charge in [-0.2, -0.15) is 9.97 Å². The molecule has 2 unspecified atom stereocenters. The molecule has 2 atom stereocenters. The summed E-state index contributed by atoms with van der Waals surface area (Å²) in [5.74, 6) is 4.48. The van der Waals surface area contributed by atoms with Crippen LogP contribution in [0.4, 0.5) is 23.3 Å². The van der Waals surface area contributed by atoms with Crippen molar-refractivity contribution in [1.29, 1.82) is 0 Å². The van der Waals surface area contributed by atoms with Gasteiger partial charge in [-0.25, -0.2) is 0 Å². The van der Waals surface area contributed by atoms with E-state index in [-0.39, 0.29) is 30.5 Å². The first-order valence-corrected chi connectivity index (χ1v) is 8.54. The van der Waals surface area contributed by atoms with Crippen LogP contribution in [-0.2, 0) is 14.3 Å². The number of aromatic nitrogens is 2. The first-order chi connectivity index (χ1) is 12.5. The Bertz CT molecular complexity index is 700. The zero-order valence-electron chi connectivity index (χ0n) is 15.6. The zero-order valence-corrected chi connectivity index (χ0v) is 15.6. The standard InChI is InChI=1S/C17H26N6O3/c1-5-13(24)26-9-12(25-4)8-11(2)6-7-23-10-20-14-15(19-3)21-17(18)22-16(14)23/h11-12,20H,5,8-10H2,1-4H3,(H3,18,19,21,22). The van der Waals surface area contributed by atoms with Gasteiger partial charge in [0.15, 0.2) is 11.6 Å². The van der Waals surface area contributed by atoms with Crippen LogP contribution in [0, 0.1) is 17.9 Å². The molecule has 0 spiro atoms. The van der Waals surface area contributed by atoms with Crippen molar-refractivity contribution in [1.82, 2.24) is 9.97 Å². The summed E-state index contributed by atoms with van der Waals surface area (Å²) in [5, 5.41) is 6.20. The molecular formula is C17H26N6O3. The molecule has 2 rings (SSSR count). The molecular weight excluding hydrogens is 336 g/mol. The van der Waals surface area contributed by atoms with E-state index in [1.807, 2.05) is 6.92 Å². The van der Waals surface area contributed by atoms with Crippen LogP contribution in [0.2, 0.25) is 0 Å². The maximum atomic E-state index is 11.3. The minimum absolute atomic E-state index is 0.0484. The van der Waals surface area contributed by atoms with Gasteiger partial charge in [0.25, 0.3) is 0 Å². The summed E-state index contributed by atoms with van der Waals surface area (Å²) in [6, 6.07) is 3.11. The number of fused-ring (bicyclic) bond motifs is 1. The summed E-state index contributed by atoms with van der Waals surface area (Å²) in [5.41, 5.74) is 6.54. The van der Waals surface area contributed by atoms with Gasteiger partial charge in [0.1, 0.15) is 19.0 Å². The molecule has 0 fully saturated rings. The quantitative estimate of drug-likeness (QED) is 0.487. The number of carbonyl (C=O) groups excluding carboxylic acids is 1. The van der Waals surface area contributed by atoms with E-state index in [9.17, 15) is 4.79 Å². The lowest BCUT2D eigenvalue weighted by Crippen LogP contribution is -2.23. The Morgan fingerprint density at radius 1 is 1.50 bits per heavy atom. The molecule has 26 heavy (non-hydrogen) atoms. The first kappa shape index (κ1) is 19.6. The van der Waals surface area contributed by atoms with E-state index in [1.54, 1.807) is 26.0 Å².